The number of aromatic nitrogens is 6. The molecule has 0 bridgehead atoms. The van der Waals surface area contributed by atoms with Crippen LogP contribution in [0.4, 0.5) is 5.82 Å². The fraction of sp³-hybridized carbons (Fsp3) is 0.182. The number of nitrogens with one attached hydrogen (secondary N) is 2. The van der Waals surface area contributed by atoms with Crippen molar-refractivity contribution < 1.29 is 4.79 Å². The molecule has 31 heavy (non-hydrogen) atoms. The average molecular weight is 414 g/mol. The number of carbonyl (C=O) groups excluding carboxylic acids is 1. The maximum atomic E-state index is 12.9. The van der Waals surface area contributed by atoms with E-state index < -0.39 is 0 Å². The third-order valence-corrected chi connectivity index (χ3v) is 5.47. The standard InChI is InChI=1S/C22H22N8O/c1-3-30(22(31)17-5-4-10-29(17)2)12-18-26-19-14-7-6-13(15-8-9-24-28-15)11-16(14)25-21(23)20(19)27-18/h4-11H,3,12H2,1-2H3,(H2,23,25)(H,24,28)(H,26,27). The number of nitrogens with zero attached hydrogens (tertiary/aromatic N) is 5. The number of amides is 1. The van der Waals surface area contributed by atoms with E-state index in [1.54, 1.807) is 11.1 Å². The van der Waals surface area contributed by atoms with Crippen molar-refractivity contribution in [2.45, 2.75) is 13.5 Å². The third-order valence-electron chi connectivity index (χ3n) is 5.47. The zero-order valence-electron chi connectivity index (χ0n) is 17.3. The summed E-state index contributed by atoms with van der Waals surface area (Å²) in [6.07, 6.45) is 3.64. The number of H-pyrrole nitrogens is 2. The first-order valence-electron chi connectivity index (χ1n) is 10.0. The largest absolute Gasteiger partial charge is 0.382 e. The predicted molar refractivity (Wildman–Crippen MR) is 119 cm³/mol. The molecular formula is C22H22N8O. The number of anilines is 1. The van der Waals surface area contributed by atoms with Gasteiger partial charge in [-0.1, -0.05) is 6.07 Å². The zero-order chi connectivity index (χ0) is 21.5. The molecule has 4 heterocycles. The minimum atomic E-state index is -0.0462. The van der Waals surface area contributed by atoms with Crippen LogP contribution in [0.5, 0.6) is 0 Å². The molecule has 1 aromatic carbocycles. The third kappa shape index (κ3) is 3.20. The lowest BCUT2D eigenvalue weighted by Gasteiger charge is -2.19. The Kier molecular flexibility index (Phi) is 4.43. The van der Waals surface area contributed by atoms with Crippen molar-refractivity contribution in [1.82, 2.24) is 34.6 Å². The van der Waals surface area contributed by atoms with Crippen LogP contribution in [0.25, 0.3) is 33.2 Å². The van der Waals surface area contributed by atoms with Crippen molar-refractivity contribution in [3.63, 3.8) is 0 Å². The highest BCUT2D eigenvalue weighted by Gasteiger charge is 2.20. The van der Waals surface area contributed by atoms with E-state index in [-0.39, 0.29) is 5.91 Å². The molecule has 0 unspecified atom stereocenters. The maximum Gasteiger partial charge on any atom is 0.270 e. The Morgan fingerprint density at radius 3 is 2.81 bits per heavy atom. The van der Waals surface area contributed by atoms with Gasteiger partial charge in [0, 0.05) is 36.9 Å². The van der Waals surface area contributed by atoms with Gasteiger partial charge in [0.05, 0.1) is 23.3 Å². The number of imidazole rings is 1. The van der Waals surface area contributed by atoms with Gasteiger partial charge < -0.3 is 20.2 Å². The van der Waals surface area contributed by atoms with Crippen molar-refractivity contribution in [3.8, 4) is 11.3 Å². The number of aryl methyl sites for hydroxylation is 1. The summed E-state index contributed by atoms with van der Waals surface area (Å²) in [6.45, 7) is 2.86. The molecule has 4 aromatic heterocycles. The van der Waals surface area contributed by atoms with Crippen molar-refractivity contribution in [3.05, 3.63) is 60.3 Å². The number of aromatic amines is 2. The van der Waals surface area contributed by atoms with Crippen LogP contribution in [0.15, 0.2) is 48.8 Å². The van der Waals surface area contributed by atoms with Gasteiger partial charge in [0.25, 0.3) is 5.91 Å². The lowest BCUT2D eigenvalue weighted by atomic mass is 10.1. The Labute approximate surface area is 177 Å². The van der Waals surface area contributed by atoms with Gasteiger partial charge in [0.2, 0.25) is 0 Å². The first-order chi connectivity index (χ1) is 15.0. The molecule has 5 aromatic rings. The Morgan fingerprint density at radius 2 is 2.10 bits per heavy atom. The summed E-state index contributed by atoms with van der Waals surface area (Å²) in [6, 6.07) is 11.5. The summed E-state index contributed by atoms with van der Waals surface area (Å²) < 4.78 is 1.82. The second-order valence-electron chi connectivity index (χ2n) is 7.42. The Morgan fingerprint density at radius 1 is 1.23 bits per heavy atom. The minimum Gasteiger partial charge on any atom is -0.382 e. The van der Waals surface area contributed by atoms with Crippen LogP contribution >= 0.6 is 0 Å². The van der Waals surface area contributed by atoms with Gasteiger partial charge in [0.15, 0.2) is 5.82 Å². The van der Waals surface area contributed by atoms with Gasteiger partial charge in [0.1, 0.15) is 17.0 Å². The number of carbonyl (C=O) groups is 1. The molecule has 0 spiro atoms. The highest BCUT2D eigenvalue weighted by molar-refractivity contribution is 6.07. The first kappa shape index (κ1) is 18.9. The van der Waals surface area contributed by atoms with Crippen molar-refractivity contribution >= 4 is 33.7 Å². The second kappa shape index (κ2) is 7.28. The average Bonchev–Trinajstić information content (AvgIpc) is 3.52. The summed E-state index contributed by atoms with van der Waals surface area (Å²) in [5, 5.41) is 7.96. The van der Waals surface area contributed by atoms with E-state index in [4.69, 9.17) is 5.73 Å². The zero-order valence-corrected chi connectivity index (χ0v) is 17.3. The van der Waals surface area contributed by atoms with E-state index >= 15 is 0 Å². The smallest absolute Gasteiger partial charge is 0.270 e. The number of pyridine rings is 1. The number of fused-ring (bicyclic) bond motifs is 3. The van der Waals surface area contributed by atoms with Crippen LogP contribution < -0.4 is 5.73 Å². The van der Waals surface area contributed by atoms with Crippen LogP contribution in [0.1, 0.15) is 23.2 Å². The first-order valence-corrected chi connectivity index (χ1v) is 10.0. The van der Waals surface area contributed by atoms with Crippen molar-refractivity contribution in [2.24, 2.45) is 7.05 Å². The van der Waals surface area contributed by atoms with E-state index in [1.165, 1.54) is 0 Å². The van der Waals surface area contributed by atoms with Gasteiger partial charge in [-0.2, -0.15) is 5.10 Å². The van der Waals surface area contributed by atoms with E-state index in [2.05, 4.69) is 25.1 Å². The molecule has 156 valence electrons. The van der Waals surface area contributed by atoms with Crippen LogP contribution in [0.2, 0.25) is 0 Å². The summed E-state index contributed by atoms with van der Waals surface area (Å²) in [5.41, 5.74) is 10.8. The summed E-state index contributed by atoms with van der Waals surface area (Å²) in [7, 11) is 1.86. The molecule has 4 N–H and O–H groups in total. The summed E-state index contributed by atoms with van der Waals surface area (Å²) >= 11 is 0. The van der Waals surface area contributed by atoms with Crippen LogP contribution in [-0.2, 0) is 13.6 Å². The summed E-state index contributed by atoms with van der Waals surface area (Å²) in [4.78, 5) is 27.2. The predicted octanol–water partition coefficient (Wildman–Crippen LogP) is 3.08. The Bertz CT molecular complexity index is 1400. The van der Waals surface area contributed by atoms with Crippen LogP contribution in [0, 0.1) is 0 Å². The molecule has 1 amide bonds. The lowest BCUT2D eigenvalue weighted by Crippen LogP contribution is -2.32. The lowest BCUT2D eigenvalue weighted by molar-refractivity contribution is 0.0739. The number of nitrogens with two attached hydrogens (primary N) is 1. The van der Waals surface area contributed by atoms with Crippen LogP contribution in [-0.4, -0.2) is 47.1 Å². The molecule has 0 saturated carbocycles. The topological polar surface area (TPSA) is 122 Å². The number of hydrogen-bond acceptors (Lipinski definition) is 5. The monoisotopic (exact) mass is 414 g/mol. The van der Waals surface area contributed by atoms with E-state index in [1.807, 2.05) is 61.1 Å². The van der Waals surface area contributed by atoms with Crippen LogP contribution in [0.3, 0.4) is 0 Å². The number of nitrogen functional groups attached to an aromatic ring is 1. The quantitative estimate of drug-likeness (QED) is 0.408. The Balaban J connectivity index is 1.53. The van der Waals surface area contributed by atoms with E-state index in [0.29, 0.717) is 35.9 Å². The van der Waals surface area contributed by atoms with E-state index in [9.17, 15) is 4.79 Å². The summed E-state index contributed by atoms with van der Waals surface area (Å²) in [5.74, 6) is 0.966. The molecule has 0 aliphatic heterocycles. The van der Waals surface area contributed by atoms with Gasteiger partial charge in [-0.25, -0.2) is 9.97 Å². The highest BCUT2D eigenvalue weighted by atomic mass is 16.2. The molecule has 0 aliphatic carbocycles. The second-order valence-corrected chi connectivity index (χ2v) is 7.42. The number of rotatable bonds is 5. The maximum absolute atomic E-state index is 12.9. The molecule has 0 atom stereocenters. The highest BCUT2D eigenvalue weighted by Crippen LogP contribution is 2.29. The Hall–Kier alpha value is -4.14. The van der Waals surface area contributed by atoms with E-state index in [0.717, 1.165) is 27.7 Å². The molecule has 0 radical (unpaired) electrons. The van der Waals surface area contributed by atoms with Crippen molar-refractivity contribution in [1.29, 1.82) is 0 Å². The van der Waals surface area contributed by atoms with Gasteiger partial charge in [-0.3, -0.25) is 9.89 Å². The fourth-order valence-corrected chi connectivity index (χ4v) is 3.83. The molecule has 5 rings (SSSR count). The van der Waals surface area contributed by atoms with Gasteiger partial charge >= 0.3 is 0 Å². The number of hydrogen-bond donors (Lipinski definition) is 3. The minimum absolute atomic E-state index is 0.0462. The van der Waals surface area contributed by atoms with Gasteiger partial charge in [-0.15, -0.1) is 0 Å². The molecule has 0 aliphatic rings. The van der Waals surface area contributed by atoms with Gasteiger partial charge in [-0.05, 0) is 37.3 Å². The molecule has 0 fully saturated rings. The normalized spacial score (nSPS) is 11.4. The molecule has 0 saturated heterocycles. The van der Waals surface area contributed by atoms with Crippen molar-refractivity contribution in [2.75, 3.05) is 12.3 Å². The molecule has 9 heteroatoms. The number of benzene rings is 1. The molecule has 9 nitrogen and oxygen atoms in total. The molecular weight excluding hydrogens is 392 g/mol. The SMILES string of the molecule is CCN(Cc1nc2c(N)nc3cc(-c4cc[nH]n4)ccc3c2[nH]1)C(=O)c1cccn1C. The fourth-order valence-electron chi connectivity index (χ4n) is 3.83.